The monoisotopic (exact) mass is 569 g/mol. The highest BCUT2D eigenvalue weighted by Crippen LogP contribution is 2.31. The van der Waals surface area contributed by atoms with Gasteiger partial charge in [-0.05, 0) is 31.9 Å². The lowest BCUT2D eigenvalue weighted by Crippen LogP contribution is -2.51. The van der Waals surface area contributed by atoms with Crippen molar-refractivity contribution in [3.8, 4) is 5.75 Å². The molecular formula is C20H27F3IN5OS. The molecule has 0 spiro atoms. The molecule has 3 rings (SSSR count). The molecule has 2 N–H and O–H groups in total. The summed E-state index contributed by atoms with van der Waals surface area (Å²) < 4.78 is 43.7. The van der Waals surface area contributed by atoms with Gasteiger partial charge in [-0.15, -0.1) is 35.3 Å². The van der Waals surface area contributed by atoms with Gasteiger partial charge in [-0.1, -0.05) is 12.1 Å². The smallest absolute Gasteiger partial charge is 0.434 e. The molecule has 2 aromatic rings. The number of thiazole rings is 1. The number of aliphatic imine (C=N–C) groups is 1. The lowest BCUT2D eigenvalue weighted by atomic mass is 10.0. The fourth-order valence-corrected chi connectivity index (χ4v) is 4.10. The number of piperidine rings is 1. The third-order valence-corrected chi connectivity index (χ3v) is 5.58. The summed E-state index contributed by atoms with van der Waals surface area (Å²) in [6.45, 7) is 4.41. The van der Waals surface area contributed by atoms with Gasteiger partial charge in [0.2, 0.25) is 0 Å². The Kier molecular flexibility index (Phi) is 9.66. The normalized spacial score (nSPS) is 17.1. The van der Waals surface area contributed by atoms with Crippen molar-refractivity contribution in [2.75, 3.05) is 31.6 Å². The van der Waals surface area contributed by atoms with Crippen molar-refractivity contribution >= 4 is 47.0 Å². The molecule has 0 bridgehead atoms. The Hall–Kier alpha value is -1.76. The van der Waals surface area contributed by atoms with Crippen LogP contribution in [0.4, 0.5) is 18.9 Å². The summed E-state index contributed by atoms with van der Waals surface area (Å²) in [7, 11) is 1.66. The minimum Gasteiger partial charge on any atom is -0.495 e. The number of hydrogen-bond acceptors (Lipinski definition) is 5. The fraction of sp³-hybridized carbons (Fsp3) is 0.500. The maximum atomic E-state index is 12.7. The highest BCUT2D eigenvalue weighted by molar-refractivity contribution is 14.0. The molecule has 1 fully saturated rings. The van der Waals surface area contributed by atoms with E-state index in [0.717, 1.165) is 54.1 Å². The molecule has 1 aliphatic heterocycles. The van der Waals surface area contributed by atoms with Crippen molar-refractivity contribution in [3.05, 3.63) is 40.3 Å². The molecule has 11 heteroatoms. The number of aromatic nitrogens is 1. The largest absolute Gasteiger partial charge is 0.495 e. The Labute approximate surface area is 201 Å². The summed E-state index contributed by atoms with van der Waals surface area (Å²) in [5.74, 6) is 1.41. The Bertz CT molecular complexity index is 861. The second kappa shape index (κ2) is 11.7. The average Bonchev–Trinajstić information content (AvgIpc) is 3.22. The zero-order valence-corrected chi connectivity index (χ0v) is 20.6. The third kappa shape index (κ3) is 7.13. The summed E-state index contributed by atoms with van der Waals surface area (Å²) in [4.78, 5) is 10.4. The Morgan fingerprint density at radius 1 is 1.35 bits per heavy atom. The van der Waals surface area contributed by atoms with Gasteiger partial charge in [-0.2, -0.15) is 13.2 Å². The first kappa shape index (κ1) is 25.5. The van der Waals surface area contributed by atoms with Crippen molar-refractivity contribution in [1.29, 1.82) is 0 Å². The van der Waals surface area contributed by atoms with Crippen LogP contribution in [0.25, 0.3) is 0 Å². The number of guanidine groups is 1. The maximum absolute atomic E-state index is 12.7. The van der Waals surface area contributed by atoms with E-state index in [2.05, 4.69) is 25.5 Å². The molecule has 2 heterocycles. The van der Waals surface area contributed by atoms with Crippen molar-refractivity contribution in [2.24, 2.45) is 4.99 Å². The third-order valence-electron chi connectivity index (χ3n) is 4.75. The number of ether oxygens (including phenoxy) is 1. The maximum Gasteiger partial charge on any atom is 0.434 e. The number of methoxy groups -OCH3 is 1. The number of anilines is 1. The molecule has 1 unspecified atom stereocenters. The molecule has 0 saturated carbocycles. The van der Waals surface area contributed by atoms with Gasteiger partial charge in [0.15, 0.2) is 11.7 Å². The first-order valence-corrected chi connectivity index (χ1v) is 10.7. The van der Waals surface area contributed by atoms with Crippen LogP contribution in [-0.2, 0) is 12.7 Å². The SMILES string of the molecule is CCNC(=NCc1nc(C(F)(F)F)cs1)NC1CCCN(c2ccccc2OC)C1.I. The molecule has 0 amide bonds. The van der Waals surface area contributed by atoms with Crippen molar-refractivity contribution in [3.63, 3.8) is 0 Å². The molecule has 0 radical (unpaired) electrons. The molecule has 1 atom stereocenters. The van der Waals surface area contributed by atoms with Gasteiger partial charge in [-0.25, -0.2) is 9.98 Å². The Morgan fingerprint density at radius 3 is 2.81 bits per heavy atom. The summed E-state index contributed by atoms with van der Waals surface area (Å²) in [5.41, 5.74) is 0.186. The zero-order chi connectivity index (χ0) is 21.6. The number of benzene rings is 1. The van der Waals surface area contributed by atoms with Gasteiger partial charge in [0.05, 0.1) is 19.3 Å². The van der Waals surface area contributed by atoms with E-state index < -0.39 is 11.9 Å². The van der Waals surface area contributed by atoms with Crippen molar-refractivity contribution < 1.29 is 17.9 Å². The summed E-state index contributed by atoms with van der Waals surface area (Å²) in [6.07, 6.45) is -2.44. The Balaban J connectivity index is 0.00000341. The molecule has 1 saturated heterocycles. The fourth-order valence-electron chi connectivity index (χ4n) is 3.38. The highest BCUT2D eigenvalue weighted by atomic mass is 127. The second-order valence-corrected chi connectivity index (χ2v) is 7.86. The predicted molar refractivity (Wildman–Crippen MR) is 129 cm³/mol. The quantitative estimate of drug-likeness (QED) is 0.305. The van der Waals surface area contributed by atoms with Gasteiger partial charge in [-0.3, -0.25) is 0 Å². The van der Waals surface area contributed by atoms with Crippen molar-refractivity contribution in [1.82, 2.24) is 15.6 Å². The van der Waals surface area contributed by atoms with Crippen LogP contribution in [0.2, 0.25) is 0 Å². The molecule has 0 aliphatic carbocycles. The Morgan fingerprint density at radius 2 is 2.13 bits per heavy atom. The van der Waals surface area contributed by atoms with Crippen LogP contribution in [0.1, 0.15) is 30.5 Å². The minimum absolute atomic E-state index is 0. The number of nitrogens with one attached hydrogen (secondary N) is 2. The van der Waals surface area contributed by atoms with E-state index in [1.54, 1.807) is 7.11 Å². The molecule has 6 nitrogen and oxygen atoms in total. The van der Waals surface area contributed by atoms with Gasteiger partial charge in [0.1, 0.15) is 10.8 Å². The van der Waals surface area contributed by atoms with E-state index in [1.807, 2.05) is 31.2 Å². The molecule has 1 aromatic heterocycles. The van der Waals surface area contributed by atoms with E-state index in [1.165, 1.54) is 0 Å². The number of hydrogen-bond donors (Lipinski definition) is 2. The lowest BCUT2D eigenvalue weighted by molar-refractivity contribution is -0.140. The van der Waals surface area contributed by atoms with Crippen LogP contribution in [0.3, 0.4) is 0 Å². The van der Waals surface area contributed by atoms with Crippen molar-refractivity contribution in [2.45, 2.75) is 38.5 Å². The standard InChI is InChI=1S/C20H26F3N5OS.HI/c1-3-24-19(25-11-18-27-17(13-30-18)20(21,22)23)26-14-7-6-10-28(12-14)15-8-4-5-9-16(15)29-2;/h4-5,8-9,13-14H,3,6-7,10-12H2,1-2H3,(H2,24,25,26);1H. The van der Waals surface area contributed by atoms with Crippen LogP contribution < -0.4 is 20.3 Å². The number of para-hydroxylation sites is 2. The van der Waals surface area contributed by atoms with Gasteiger partial charge >= 0.3 is 6.18 Å². The molecular weight excluding hydrogens is 542 g/mol. The van der Waals surface area contributed by atoms with Crippen LogP contribution >= 0.6 is 35.3 Å². The molecule has 172 valence electrons. The number of nitrogens with zero attached hydrogens (tertiary/aromatic N) is 3. The molecule has 31 heavy (non-hydrogen) atoms. The van der Waals surface area contributed by atoms with E-state index in [0.29, 0.717) is 17.5 Å². The second-order valence-electron chi connectivity index (χ2n) is 6.92. The first-order valence-electron chi connectivity index (χ1n) is 9.85. The van der Waals surface area contributed by atoms with E-state index in [4.69, 9.17) is 4.74 Å². The topological polar surface area (TPSA) is 61.8 Å². The van der Waals surface area contributed by atoms with Gasteiger partial charge in [0, 0.05) is 31.1 Å². The average molecular weight is 569 g/mol. The number of alkyl halides is 3. The van der Waals surface area contributed by atoms with Crippen LogP contribution in [0.5, 0.6) is 5.75 Å². The van der Waals surface area contributed by atoms with Gasteiger partial charge < -0.3 is 20.3 Å². The lowest BCUT2D eigenvalue weighted by Gasteiger charge is -2.36. The summed E-state index contributed by atoms with van der Waals surface area (Å²) >= 11 is 0.968. The van der Waals surface area contributed by atoms with Crippen LogP contribution in [0, 0.1) is 0 Å². The summed E-state index contributed by atoms with van der Waals surface area (Å²) in [6, 6.07) is 8.08. The van der Waals surface area contributed by atoms with Crippen LogP contribution in [-0.4, -0.2) is 43.7 Å². The molecule has 1 aliphatic rings. The predicted octanol–water partition coefficient (Wildman–Crippen LogP) is 4.51. The van der Waals surface area contributed by atoms with E-state index in [9.17, 15) is 13.2 Å². The first-order chi connectivity index (χ1) is 14.4. The molecule has 1 aromatic carbocycles. The van der Waals surface area contributed by atoms with Crippen LogP contribution in [0.15, 0.2) is 34.6 Å². The summed E-state index contributed by atoms with van der Waals surface area (Å²) in [5, 5.41) is 7.93. The zero-order valence-electron chi connectivity index (χ0n) is 17.4. The van der Waals surface area contributed by atoms with Gasteiger partial charge in [0.25, 0.3) is 0 Å². The minimum atomic E-state index is -4.43. The van der Waals surface area contributed by atoms with E-state index in [-0.39, 0.29) is 36.6 Å². The number of halogens is 4. The van der Waals surface area contributed by atoms with E-state index >= 15 is 0 Å². The number of rotatable bonds is 6. The highest BCUT2D eigenvalue weighted by Gasteiger charge is 2.33.